The van der Waals surface area contributed by atoms with Crippen molar-refractivity contribution in [2.75, 3.05) is 40.3 Å². The summed E-state index contributed by atoms with van der Waals surface area (Å²) < 4.78 is 5.81. The second-order valence-electron chi connectivity index (χ2n) is 8.33. The molecule has 0 bridgehead atoms. The van der Waals surface area contributed by atoms with Gasteiger partial charge >= 0.3 is 6.09 Å². The highest BCUT2D eigenvalue weighted by atomic mass is 35.5. The molecule has 2 N–H and O–H groups in total. The van der Waals surface area contributed by atoms with Gasteiger partial charge in [-0.15, -0.1) is 22.7 Å². The molecule has 2 unspecified atom stereocenters. The van der Waals surface area contributed by atoms with E-state index < -0.39 is 6.09 Å². The second kappa shape index (κ2) is 10.4. The summed E-state index contributed by atoms with van der Waals surface area (Å²) in [6, 6.07) is 4.82. The highest BCUT2D eigenvalue weighted by Crippen LogP contribution is 2.30. The van der Waals surface area contributed by atoms with Gasteiger partial charge in [-0.3, -0.25) is 9.59 Å². The number of rotatable bonds is 5. The zero-order chi connectivity index (χ0) is 23.5. The summed E-state index contributed by atoms with van der Waals surface area (Å²) >= 11 is 8.72. The molecule has 1 fully saturated rings. The molecule has 4 heterocycles. The van der Waals surface area contributed by atoms with Crippen molar-refractivity contribution in [3.05, 3.63) is 42.7 Å². The van der Waals surface area contributed by atoms with Gasteiger partial charge in [-0.05, 0) is 50.1 Å². The van der Waals surface area contributed by atoms with Crippen molar-refractivity contribution in [3.8, 4) is 0 Å². The molecule has 2 aromatic heterocycles. The summed E-state index contributed by atoms with van der Waals surface area (Å²) in [7, 11) is 3.60. The third-order valence-electron chi connectivity index (χ3n) is 6.01. The molecule has 2 aliphatic heterocycles. The summed E-state index contributed by atoms with van der Waals surface area (Å²) in [6.45, 7) is 2.38. The number of hydrogen-bond donors (Lipinski definition) is 2. The number of carbonyl (C=O) groups excluding carboxylic acids is 3. The zero-order valence-corrected chi connectivity index (χ0v) is 20.9. The van der Waals surface area contributed by atoms with Crippen LogP contribution < -0.4 is 10.6 Å². The minimum atomic E-state index is -0.546. The van der Waals surface area contributed by atoms with E-state index in [9.17, 15) is 14.4 Å². The number of amides is 3. The lowest BCUT2D eigenvalue weighted by atomic mass is 10.1. The maximum Gasteiger partial charge on any atom is 0.406 e. The number of fused-ring (bicyclic) bond motifs is 1. The van der Waals surface area contributed by atoms with Gasteiger partial charge in [-0.25, -0.2) is 4.79 Å². The first-order valence-electron chi connectivity index (χ1n) is 10.9. The Labute approximate surface area is 205 Å². The van der Waals surface area contributed by atoms with Gasteiger partial charge < -0.3 is 25.2 Å². The van der Waals surface area contributed by atoms with Crippen LogP contribution in [0.4, 0.5) is 4.79 Å². The number of nitrogens with one attached hydrogen (secondary N) is 2. The largest absolute Gasteiger partial charge is 0.447 e. The molecule has 2 aromatic rings. The lowest BCUT2D eigenvalue weighted by molar-refractivity contribution is 0.0641. The molecule has 2 atom stereocenters. The average molecular weight is 511 g/mol. The molecule has 2 aliphatic rings. The van der Waals surface area contributed by atoms with Crippen LogP contribution in [0.1, 0.15) is 36.2 Å². The number of thiophene rings is 2. The number of halogens is 1. The first-order valence-corrected chi connectivity index (χ1v) is 12.9. The molecule has 8 nitrogen and oxygen atoms in total. The van der Waals surface area contributed by atoms with Gasteiger partial charge in [0, 0.05) is 37.6 Å². The highest BCUT2D eigenvalue weighted by molar-refractivity contribution is 7.18. The van der Waals surface area contributed by atoms with Crippen LogP contribution in [-0.4, -0.2) is 80.1 Å². The predicted molar refractivity (Wildman–Crippen MR) is 130 cm³/mol. The SMILES string of the molecule is CNC(=O)OCC1CC(NC(=O)c2ccc(Cl)s2)CN1C(=O)c1cc2c(s1)CCN(C)CC2. The Morgan fingerprint density at radius 3 is 2.70 bits per heavy atom. The molecule has 11 heteroatoms. The number of carbonyl (C=O) groups is 3. The molecule has 0 radical (unpaired) electrons. The van der Waals surface area contributed by atoms with Crippen molar-refractivity contribution in [1.29, 1.82) is 0 Å². The molecule has 1 saturated heterocycles. The minimum Gasteiger partial charge on any atom is -0.447 e. The lowest BCUT2D eigenvalue weighted by Crippen LogP contribution is -2.40. The quantitative estimate of drug-likeness (QED) is 0.645. The molecular formula is C22H27ClN4O4S2. The highest BCUT2D eigenvalue weighted by Gasteiger charge is 2.38. The van der Waals surface area contributed by atoms with Crippen LogP contribution in [0.3, 0.4) is 0 Å². The van der Waals surface area contributed by atoms with Crippen molar-refractivity contribution in [3.63, 3.8) is 0 Å². The molecule has 0 aliphatic carbocycles. The van der Waals surface area contributed by atoms with Gasteiger partial charge in [0.2, 0.25) is 0 Å². The Kier molecular flexibility index (Phi) is 7.58. The second-order valence-corrected chi connectivity index (χ2v) is 11.2. The van der Waals surface area contributed by atoms with Gasteiger partial charge in [0.15, 0.2) is 0 Å². The molecule has 33 heavy (non-hydrogen) atoms. The third kappa shape index (κ3) is 5.68. The van der Waals surface area contributed by atoms with Gasteiger partial charge in [0.1, 0.15) is 6.61 Å². The van der Waals surface area contributed by atoms with E-state index >= 15 is 0 Å². The maximum absolute atomic E-state index is 13.5. The lowest BCUT2D eigenvalue weighted by Gasteiger charge is -2.23. The van der Waals surface area contributed by atoms with Crippen molar-refractivity contribution >= 4 is 52.2 Å². The van der Waals surface area contributed by atoms with Crippen LogP contribution in [0.25, 0.3) is 0 Å². The molecule has 3 amide bonds. The van der Waals surface area contributed by atoms with E-state index in [1.54, 1.807) is 28.4 Å². The number of hydrogen-bond acceptors (Lipinski definition) is 7. The number of likely N-dealkylation sites (tertiary alicyclic amines) is 1. The molecule has 178 valence electrons. The molecule has 0 saturated carbocycles. The monoisotopic (exact) mass is 510 g/mol. The van der Waals surface area contributed by atoms with E-state index in [0.29, 0.717) is 27.1 Å². The van der Waals surface area contributed by atoms with Crippen LogP contribution in [0.15, 0.2) is 18.2 Å². The summed E-state index contributed by atoms with van der Waals surface area (Å²) in [5, 5.41) is 5.43. The van der Waals surface area contributed by atoms with Gasteiger partial charge in [0.25, 0.3) is 11.8 Å². The summed E-state index contributed by atoms with van der Waals surface area (Å²) in [5.41, 5.74) is 1.24. The normalized spacial score (nSPS) is 20.8. The fraction of sp³-hybridized carbons (Fsp3) is 0.500. The number of alkyl carbamates (subject to hydrolysis) is 1. The fourth-order valence-electron chi connectivity index (χ4n) is 4.22. The molecule has 0 aromatic carbocycles. The van der Waals surface area contributed by atoms with Crippen molar-refractivity contribution in [2.45, 2.75) is 31.3 Å². The van der Waals surface area contributed by atoms with E-state index in [1.807, 2.05) is 6.07 Å². The van der Waals surface area contributed by atoms with Crippen molar-refractivity contribution < 1.29 is 19.1 Å². The maximum atomic E-state index is 13.5. The van der Waals surface area contributed by atoms with E-state index in [0.717, 1.165) is 25.9 Å². The van der Waals surface area contributed by atoms with Gasteiger partial charge in [-0.1, -0.05) is 11.6 Å². The Morgan fingerprint density at radius 1 is 1.18 bits per heavy atom. The van der Waals surface area contributed by atoms with E-state index in [1.165, 1.54) is 28.8 Å². The number of likely N-dealkylation sites (N-methyl/N-ethyl adjacent to an activating group) is 1. The van der Waals surface area contributed by atoms with E-state index in [4.69, 9.17) is 16.3 Å². The van der Waals surface area contributed by atoms with Crippen LogP contribution in [0.5, 0.6) is 0 Å². The Bertz CT molecular complexity index is 1010. The third-order valence-corrected chi connectivity index (χ3v) is 8.46. The first kappa shape index (κ1) is 24.0. The number of nitrogens with zero attached hydrogens (tertiary/aromatic N) is 2. The van der Waals surface area contributed by atoms with E-state index in [2.05, 4.69) is 22.6 Å². The summed E-state index contributed by atoms with van der Waals surface area (Å²) in [5.74, 6) is -0.299. The standard InChI is InChI=1S/C22H27ClN4O4S2/c1-24-22(30)31-12-15-10-14(25-20(28)17-3-4-19(23)33-17)11-27(15)21(29)18-9-13-5-7-26(2)8-6-16(13)32-18/h3-4,9,14-15H,5-8,10-12H2,1-2H3,(H,24,30)(H,25,28). The average Bonchev–Trinajstić information content (AvgIpc) is 3.50. The Hall–Kier alpha value is -2.14. The molecular weight excluding hydrogens is 484 g/mol. The molecule has 0 spiro atoms. The van der Waals surface area contributed by atoms with Crippen LogP contribution in [0.2, 0.25) is 4.34 Å². The van der Waals surface area contributed by atoms with Crippen LogP contribution in [-0.2, 0) is 17.6 Å². The van der Waals surface area contributed by atoms with Crippen molar-refractivity contribution in [2.24, 2.45) is 0 Å². The van der Waals surface area contributed by atoms with Crippen LogP contribution >= 0.6 is 34.3 Å². The van der Waals surface area contributed by atoms with E-state index in [-0.39, 0.29) is 30.5 Å². The van der Waals surface area contributed by atoms with Crippen molar-refractivity contribution in [1.82, 2.24) is 20.4 Å². The predicted octanol–water partition coefficient (Wildman–Crippen LogP) is 2.86. The Balaban J connectivity index is 1.48. The first-order chi connectivity index (χ1) is 15.8. The molecule has 4 rings (SSSR count). The fourth-order valence-corrected chi connectivity index (χ4v) is 6.32. The van der Waals surface area contributed by atoms with Gasteiger partial charge in [-0.2, -0.15) is 0 Å². The smallest absolute Gasteiger partial charge is 0.406 e. The minimum absolute atomic E-state index is 0.0680. The van der Waals surface area contributed by atoms with Crippen LogP contribution in [0, 0.1) is 0 Å². The summed E-state index contributed by atoms with van der Waals surface area (Å²) in [4.78, 5) is 44.2. The number of ether oxygens (including phenoxy) is 1. The topological polar surface area (TPSA) is 91.0 Å². The zero-order valence-electron chi connectivity index (χ0n) is 18.6. The Morgan fingerprint density at radius 2 is 1.97 bits per heavy atom. The van der Waals surface area contributed by atoms with Gasteiger partial charge in [0.05, 0.1) is 20.1 Å². The summed E-state index contributed by atoms with van der Waals surface area (Å²) in [6.07, 6.45) is 1.83.